The molecule has 0 saturated carbocycles. The van der Waals surface area contributed by atoms with Gasteiger partial charge in [-0.3, -0.25) is 9.59 Å². The number of benzene rings is 2. The molecule has 2 aromatic rings. The Morgan fingerprint density at radius 2 is 1.47 bits per heavy atom. The number of methoxy groups -OCH3 is 1. The average molecular weight is 441 g/mol. The SMILES string of the molecule is COC(=O)C(Cc1ccccc1)NC(=O)[C@H](CCC(N)=O)NC(=O)OCc1ccccc1. The quantitative estimate of drug-likeness (QED) is 0.452. The molecular weight excluding hydrogens is 414 g/mol. The molecule has 0 bridgehead atoms. The lowest BCUT2D eigenvalue weighted by atomic mass is 10.0. The lowest BCUT2D eigenvalue weighted by Gasteiger charge is -2.22. The Kier molecular flexibility index (Phi) is 9.70. The van der Waals surface area contributed by atoms with E-state index in [4.69, 9.17) is 15.2 Å². The number of nitrogens with one attached hydrogen (secondary N) is 2. The van der Waals surface area contributed by atoms with Crippen LogP contribution in [0.5, 0.6) is 0 Å². The Morgan fingerprint density at radius 3 is 2.03 bits per heavy atom. The molecule has 170 valence electrons. The molecule has 0 aliphatic rings. The maximum absolute atomic E-state index is 12.8. The van der Waals surface area contributed by atoms with Gasteiger partial charge in [0.25, 0.3) is 0 Å². The highest BCUT2D eigenvalue weighted by molar-refractivity contribution is 5.90. The molecule has 0 fully saturated rings. The van der Waals surface area contributed by atoms with Gasteiger partial charge >= 0.3 is 12.1 Å². The summed E-state index contributed by atoms with van der Waals surface area (Å²) in [6, 6.07) is 16.0. The fourth-order valence-corrected chi connectivity index (χ4v) is 2.92. The van der Waals surface area contributed by atoms with Gasteiger partial charge in [0.1, 0.15) is 18.7 Å². The van der Waals surface area contributed by atoms with Gasteiger partial charge in [0.15, 0.2) is 0 Å². The lowest BCUT2D eigenvalue weighted by molar-refractivity contribution is -0.145. The second kappa shape index (κ2) is 12.7. The third-order valence-electron chi connectivity index (χ3n) is 4.59. The minimum Gasteiger partial charge on any atom is -0.467 e. The first kappa shape index (κ1) is 24.4. The Balaban J connectivity index is 2.03. The summed E-state index contributed by atoms with van der Waals surface area (Å²) in [5, 5.41) is 5.02. The van der Waals surface area contributed by atoms with Crippen molar-refractivity contribution in [3.63, 3.8) is 0 Å². The Hall–Kier alpha value is -3.88. The fraction of sp³-hybridized carbons (Fsp3) is 0.304. The number of amides is 3. The molecular formula is C23H27N3O6. The molecule has 2 atom stereocenters. The number of primary amides is 1. The van der Waals surface area contributed by atoms with Crippen LogP contribution in [0.25, 0.3) is 0 Å². The number of esters is 1. The maximum atomic E-state index is 12.8. The number of nitrogens with two attached hydrogens (primary N) is 1. The molecule has 2 rings (SSSR count). The third kappa shape index (κ3) is 8.47. The summed E-state index contributed by atoms with van der Waals surface area (Å²) in [6.45, 7) is 0.00955. The molecule has 9 heteroatoms. The topological polar surface area (TPSA) is 137 Å². The van der Waals surface area contributed by atoms with E-state index in [1.165, 1.54) is 7.11 Å². The van der Waals surface area contributed by atoms with Crippen molar-refractivity contribution in [3.05, 3.63) is 71.8 Å². The standard InChI is InChI=1S/C23H27N3O6/c1-31-22(29)19(14-16-8-4-2-5-9-16)25-21(28)18(12-13-20(24)27)26-23(30)32-15-17-10-6-3-7-11-17/h2-11,18-19H,12-15H2,1H3,(H2,24,27)(H,25,28)(H,26,30)/t18-,19?/m0/s1. The molecule has 2 aromatic carbocycles. The van der Waals surface area contributed by atoms with Crippen LogP contribution < -0.4 is 16.4 Å². The minimum atomic E-state index is -1.13. The van der Waals surface area contributed by atoms with Gasteiger partial charge in [0.05, 0.1) is 7.11 Å². The van der Waals surface area contributed by atoms with E-state index in [-0.39, 0.29) is 25.9 Å². The smallest absolute Gasteiger partial charge is 0.408 e. The number of hydrogen-bond acceptors (Lipinski definition) is 6. The number of ether oxygens (including phenoxy) is 2. The minimum absolute atomic E-state index is 0.00955. The zero-order valence-corrected chi connectivity index (χ0v) is 17.8. The summed E-state index contributed by atoms with van der Waals surface area (Å²) in [5.74, 6) is -1.92. The summed E-state index contributed by atoms with van der Waals surface area (Å²) < 4.78 is 9.94. The van der Waals surface area contributed by atoms with E-state index >= 15 is 0 Å². The van der Waals surface area contributed by atoms with Crippen LogP contribution in [0.3, 0.4) is 0 Å². The van der Waals surface area contributed by atoms with E-state index in [0.29, 0.717) is 0 Å². The van der Waals surface area contributed by atoms with Crippen LogP contribution in [-0.4, -0.2) is 43.1 Å². The highest BCUT2D eigenvalue weighted by Crippen LogP contribution is 2.07. The summed E-state index contributed by atoms with van der Waals surface area (Å²) in [6.07, 6.45) is -0.837. The van der Waals surface area contributed by atoms with Gasteiger partial charge in [-0.1, -0.05) is 60.7 Å². The predicted octanol–water partition coefficient (Wildman–Crippen LogP) is 1.45. The van der Waals surface area contributed by atoms with E-state index in [0.717, 1.165) is 11.1 Å². The van der Waals surface area contributed by atoms with Gasteiger partial charge in [0.2, 0.25) is 11.8 Å². The zero-order chi connectivity index (χ0) is 23.3. The number of carbonyl (C=O) groups excluding carboxylic acids is 4. The first-order valence-corrected chi connectivity index (χ1v) is 10.1. The van der Waals surface area contributed by atoms with Gasteiger partial charge < -0.3 is 25.8 Å². The maximum Gasteiger partial charge on any atom is 0.408 e. The van der Waals surface area contributed by atoms with Crippen molar-refractivity contribution in [2.45, 2.75) is 38.0 Å². The van der Waals surface area contributed by atoms with E-state index < -0.39 is 36.0 Å². The summed E-state index contributed by atoms with van der Waals surface area (Å²) >= 11 is 0. The van der Waals surface area contributed by atoms with Gasteiger partial charge in [0, 0.05) is 12.8 Å². The zero-order valence-electron chi connectivity index (χ0n) is 17.8. The van der Waals surface area contributed by atoms with E-state index in [1.807, 2.05) is 36.4 Å². The van der Waals surface area contributed by atoms with Gasteiger partial charge in [-0.05, 0) is 17.5 Å². The van der Waals surface area contributed by atoms with Crippen molar-refractivity contribution >= 4 is 23.9 Å². The van der Waals surface area contributed by atoms with Crippen molar-refractivity contribution in [3.8, 4) is 0 Å². The molecule has 32 heavy (non-hydrogen) atoms. The molecule has 4 N–H and O–H groups in total. The van der Waals surface area contributed by atoms with Gasteiger partial charge in [-0.15, -0.1) is 0 Å². The van der Waals surface area contributed by atoms with Crippen LogP contribution in [0, 0.1) is 0 Å². The molecule has 0 aromatic heterocycles. The molecule has 0 spiro atoms. The van der Waals surface area contributed by atoms with E-state index in [2.05, 4.69) is 10.6 Å². The van der Waals surface area contributed by atoms with Crippen LogP contribution in [-0.2, 0) is 36.9 Å². The van der Waals surface area contributed by atoms with Crippen LogP contribution in [0.1, 0.15) is 24.0 Å². The molecule has 0 aliphatic carbocycles. The first-order valence-electron chi connectivity index (χ1n) is 10.1. The molecule has 0 heterocycles. The second-order valence-corrected chi connectivity index (χ2v) is 7.04. The van der Waals surface area contributed by atoms with E-state index in [9.17, 15) is 19.2 Å². The Labute approximate surface area is 186 Å². The molecule has 0 aliphatic heterocycles. The second-order valence-electron chi connectivity index (χ2n) is 7.04. The molecule has 9 nitrogen and oxygen atoms in total. The van der Waals surface area contributed by atoms with Gasteiger partial charge in [-0.2, -0.15) is 0 Å². The molecule has 0 saturated heterocycles. The number of alkyl carbamates (subject to hydrolysis) is 1. The Bertz CT molecular complexity index is 904. The number of carbonyl (C=O) groups is 4. The largest absolute Gasteiger partial charge is 0.467 e. The van der Waals surface area contributed by atoms with E-state index in [1.54, 1.807) is 24.3 Å². The van der Waals surface area contributed by atoms with Crippen molar-refractivity contribution in [2.75, 3.05) is 7.11 Å². The molecule has 0 radical (unpaired) electrons. The Morgan fingerprint density at radius 1 is 0.875 bits per heavy atom. The van der Waals surface area contributed by atoms with Crippen molar-refractivity contribution in [1.29, 1.82) is 0 Å². The number of hydrogen-bond donors (Lipinski definition) is 3. The normalized spacial score (nSPS) is 12.2. The van der Waals surface area contributed by atoms with Crippen molar-refractivity contribution in [2.24, 2.45) is 5.73 Å². The predicted molar refractivity (Wildman–Crippen MR) is 116 cm³/mol. The average Bonchev–Trinajstić information content (AvgIpc) is 2.80. The molecule has 1 unspecified atom stereocenters. The van der Waals surface area contributed by atoms with Gasteiger partial charge in [-0.25, -0.2) is 9.59 Å². The van der Waals surface area contributed by atoms with Crippen molar-refractivity contribution < 1.29 is 28.7 Å². The molecule has 3 amide bonds. The summed E-state index contributed by atoms with van der Waals surface area (Å²) in [4.78, 5) is 48.5. The van der Waals surface area contributed by atoms with Crippen molar-refractivity contribution in [1.82, 2.24) is 10.6 Å². The third-order valence-corrected chi connectivity index (χ3v) is 4.59. The van der Waals surface area contributed by atoms with Crippen LogP contribution in [0.2, 0.25) is 0 Å². The van der Waals surface area contributed by atoms with Crippen LogP contribution in [0.15, 0.2) is 60.7 Å². The highest BCUT2D eigenvalue weighted by atomic mass is 16.5. The lowest BCUT2D eigenvalue weighted by Crippen LogP contribution is -2.52. The number of rotatable bonds is 11. The fourth-order valence-electron chi connectivity index (χ4n) is 2.92. The monoisotopic (exact) mass is 441 g/mol. The first-order chi connectivity index (χ1) is 15.4. The summed E-state index contributed by atoms with van der Waals surface area (Å²) in [5.41, 5.74) is 6.78. The highest BCUT2D eigenvalue weighted by Gasteiger charge is 2.28. The summed E-state index contributed by atoms with van der Waals surface area (Å²) in [7, 11) is 1.22. The van der Waals surface area contributed by atoms with Crippen LogP contribution >= 0.6 is 0 Å². The van der Waals surface area contributed by atoms with Crippen LogP contribution in [0.4, 0.5) is 4.79 Å².